The summed E-state index contributed by atoms with van der Waals surface area (Å²) in [4.78, 5) is 24.4. The van der Waals surface area contributed by atoms with Crippen LogP contribution in [0.5, 0.6) is 0 Å². The highest BCUT2D eigenvalue weighted by Crippen LogP contribution is 2.17. The molecule has 0 radical (unpaired) electrons. The molecule has 2 atom stereocenters. The molecular formula is C52H103NO5. The third-order valence-corrected chi connectivity index (χ3v) is 12.4. The third kappa shape index (κ3) is 44.4. The van der Waals surface area contributed by atoms with Gasteiger partial charge in [0, 0.05) is 12.8 Å². The van der Waals surface area contributed by atoms with Crippen molar-refractivity contribution in [1.29, 1.82) is 0 Å². The van der Waals surface area contributed by atoms with Crippen LogP contribution >= 0.6 is 0 Å². The first kappa shape index (κ1) is 56.9. The zero-order valence-electron chi connectivity index (χ0n) is 39.3. The van der Waals surface area contributed by atoms with Gasteiger partial charge in [0.2, 0.25) is 5.91 Å². The van der Waals surface area contributed by atoms with Gasteiger partial charge in [-0.15, -0.1) is 0 Å². The van der Waals surface area contributed by atoms with Crippen molar-refractivity contribution in [1.82, 2.24) is 5.32 Å². The smallest absolute Gasteiger partial charge is 0.305 e. The van der Waals surface area contributed by atoms with Gasteiger partial charge in [-0.05, 0) is 25.7 Å². The van der Waals surface area contributed by atoms with Crippen LogP contribution in [0.1, 0.15) is 296 Å². The summed E-state index contributed by atoms with van der Waals surface area (Å²) in [5.41, 5.74) is 0. The largest absolute Gasteiger partial charge is 0.466 e. The number of hydrogen-bond acceptors (Lipinski definition) is 5. The number of nitrogens with one attached hydrogen (secondary N) is 1. The minimum Gasteiger partial charge on any atom is -0.466 e. The summed E-state index contributed by atoms with van der Waals surface area (Å²) in [6.07, 6.45) is 53.6. The Morgan fingerprint density at radius 1 is 0.414 bits per heavy atom. The second-order valence-corrected chi connectivity index (χ2v) is 18.2. The molecule has 0 aromatic carbocycles. The summed E-state index contributed by atoms with van der Waals surface area (Å²) in [5, 5.41) is 23.1. The maximum atomic E-state index is 12.4. The van der Waals surface area contributed by atoms with Crippen molar-refractivity contribution in [3.8, 4) is 0 Å². The summed E-state index contributed by atoms with van der Waals surface area (Å²) in [6.45, 7) is 4.94. The molecule has 346 valence electrons. The lowest BCUT2D eigenvalue weighted by Crippen LogP contribution is -2.45. The lowest BCUT2D eigenvalue weighted by molar-refractivity contribution is -0.143. The number of unbranched alkanes of at least 4 members (excludes halogenated alkanes) is 38. The lowest BCUT2D eigenvalue weighted by Gasteiger charge is -2.22. The van der Waals surface area contributed by atoms with Crippen molar-refractivity contribution in [3.05, 3.63) is 0 Å². The van der Waals surface area contributed by atoms with Gasteiger partial charge >= 0.3 is 5.97 Å². The molecule has 0 spiro atoms. The van der Waals surface area contributed by atoms with Crippen LogP contribution in [-0.4, -0.2) is 47.4 Å². The summed E-state index contributed by atoms with van der Waals surface area (Å²) in [6, 6.07) is -0.540. The van der Waals surface area contributed by atoms with Crippen LogP contribution in [0, 0.1) is 0 Å². The number of amides is 1. The Kier molecular flexibility index (Phi) is 47.6. The number of carbonyl (C=O) groups is 2. The van der Waals surface area contributed by atoms with Crippen molar-refractivity contribution in [2.24, 2.45) is 0 Å². The Balaban J connectivity index is 3.38. The molecule has 0 aromatic heterocycles. The van der Waals surface area contributed by atoms with E-state index in [1.807, 2.05) is 0 Å². The Morgan fingerprint density at radius 3 is 1.05 bits per heavy atom. The van der Waals surface area contributed by atoms with E-state index >= 15 is 0 Å². The monoisotopic (exact) mass is 822 g/mol. The zero-order valence-corrected chi connectivity index (χ0v) is 39.3. The molecule has 0 heterocycles. The molecule has 6 heteroatoms. The second-order valence-electron chi connectivity index (χ2n) is 18.2. The van der Waals surface area contributed by atoms with E-state index < -0.39 is 12.1 Å². The van der Waals surface area contributed by atoms with Gasteiger partial charge < -0.3 is 20.3 Å². The molecule has 0 aliphatic rings. The van der Waals surface area contributed by atoms with E-state index in [0.717, 1.165) is 38.5 Å². The Bertz CT molecular complexity index is 822. The maximum Gasteiger partial charge on any atom is 0.305 e. The molecule has 0 aromatic rings. The Morgan fingerprint density at radius 2 is 0.707 bits per heavy atom. The summed E-state index contributed by atoms with van der Waals surface area (Å²) < 4.78 is 5.46. The number of aliphatic hydroxyl groups is 2. The minimum atomic E-state index is -0.663. The average Bonchev–Trinajstić information content (AvgIpc) is 3.22. The van der Waals surface area contributed by atoms with Crippen molar-refractivity contribution in [2.75, 3.05) is 13.2 Å². The molecule has 0 aliphatic heterocycles. The van der Waals surface area contributed by atoms with Gasteiger partial charge in [0.1, 0.15) is 0 Å². The highest BCUT2D eigenvalue weighted by atomic mass is 16.5. The van der Waals surface area contributed by atoms with Crippen LogP contribution in [-0.2, 0) is 14.3 Å². The van der Waals surface area contributed by atoms with Crippen LogP contribution in [0.4, 0.5) is 0 Å². The van der Waals surface area contributed by atoms with Crippen molar-refractivity contribution < 1.29 is 24.5 Å². The fourth-order valence-corrected chi connectivity index (χ4v) is 8.35. The first-order chi connectivity index (χ1) is 28.5. The van der Waals surface area contributed by atoms with E-state index in [0.29, 0.717) is 25.9 Å². The van der Waals surface area contributed by atoms with Crippen molar-refractivity contribution >= 4 is 11.9 Å². The summed E-state index contributed by atoms with van der Waals surface area (Å²) in [7, 11) is 0. The Hall–Kier alpha value is -1.14. The highest BCUT2D eigenvalue weighted by Gasteiger charge is 2.20. The van der Waals surface area contributed by atoms with Gasteiger partial charge in [-0.3, -0.25) is 9.59 Å². The van der Waals surface area contributed by atoms with Crippen LogP contribution in [0.25, 0.3) is 0 Å². The van der Waals surface area contributed by atoms with Gasteiger partial charge in [0.05, 0.1) is 25.4 Å². The standard InChI is InChI=1S/C52H103NO5/c1-3-5-7-9-11-13-24-28-32-36-40-44-50(55)49(48-54)53-51(56)45-41-37-33-29-26-22-20-18-16-15-17-19-21-23-27-31-35-39-43-47-58-52(57)46-42-38-34-30-25-14-12-10-8-6-4-2/h49-50,54-55H,3-48H2,1-2H3,(H,53,56). The molecule has 1 amide bonds. The average molecular weight is 822 g/mol. The number of esters is 1. The predicted molar refractivity (Wildman–Crippen MR) is 250 cm³/mol. The van der Waals surface area contributed by atoms with Gasteiger partial charge in [0.15, 0.2) is 0 Å². The lowest BCUT2D eigenvalue weighted by atomic mass is 10.0. The number of carbonyl (C=O) groups excluding carboxylic acids is 2. The fourth-order valence-electron chi connectivity index (χ4n) is 8.35. The third-order valence-electron chi connectivity index (χ3n) is 12.4. The van der Waals surface area contributed by atoms with Crippen LogP contribution in [0.15, 0.2) is 0 Å². The minimum absolute atomic E-state index is 0.00907. The molecule has 0 fully saturated rings. The summed E-state index contributed by atoms with van der Waals surface area (Å²) >= 11 is 0. The number of hydrogen-bond donors (Lipinski definition) is 3. The van der Waals surface area contributed by atoms with Gasteiger partial charge in [-0.2, -0.15) is 0 Å². The molecular weight excluding hydrogens is 719 g/mol. The van der Waals surface area contributed by atoms with E-state index in [4.69, 9.17) is 4.74 Å². The molecule has 0 saturated heterocycles. The normalized spacial score (nSPS) is 12.6. The Labute approximate surface area is 362 Å². The number of ether oxygens (including phenoxy) is 1. The van der Waals surface area contributed by atoms with Crippen LogP contribution in [0.3, 0.4) is 0 Å². The van der Waals surface area contributed by atoms with Crippen LogP contribution in [0.2, 0.25) is 0 Å². The van der Waals surface area contributed by atoms with Crippen molar-refractivity contribution in [3.63, 3.8) is 0 Å². The molecule has 0 rings (SSSR count). The fraction of sp³-hybridized carbons (Fsp3) is 0.962. The molecule has 6 nitrogen and oxygen atoms in total. The predicted octanol–water partition coefficient (Wildman–Crippen LogP) is 15.6. The molecule has 0 saturated carbocycles. The maximum absolute atomic E-state index is 12.4. The number of rotatable bonds is 49. The highest BCUT2D eigenvalue weighted by molar-refractivity contribution is 5.76. The summed E-state index contributed by atoms with van der Waals surface area (Å²) in [5.74, 6) is -0.0286. The molecule has 2 unspecified atom stereocenters. The first-order valence-electron chi connectivity index (χ1n) is 26.3. The van der Waals surface area contributed by atoms with E-state index in [2.05, 4.69) is 19.2 Å². The second kappa shape index (κ2) is 48.5. The topological polar surface area (TPSA) is 95.9 Å². The molecule has 0 bridgehead atoms. The van der Waals surface area contributed by atoms with E-state index in [-0.39, 0.29) is 18.5 Å². The van der Waals surface area contributed by atoms with Gasteiger partial charge in [-0.1, -0.05) is 258 Å². The first-order valence-corrected chi connectivity index (χ1v) is 26.3. The quantitative estimate of drug-likeness (QED) is 0.0420. The molecule has 58 heavy (non-hydrogen) atoms. The van der Waals surface area contributed by atoms with Crippen molar-refractivity contribution in [2.45, 2.75) is 309 Å². The van der Waals surface area contributed by atoms with E-state index in [1.54, 1.807) is 0 Å². The van der Waals surface area contributed by atoms with Gasteiger partial charge in [-0.25, -0.2) is 0 Å². The SMILES string of the molecule is CCCCCCCCCCCCCC(=O)OCCCCCCCCCCCCCCCCCCCCCC(=O)NC(CO)C(O)CCCCCCCCCCCCC. The number of aliphatic hydroxyl groups excluding tert-OH is 2. The van der Waals surface area contributed by atoms with E-state index in [9.17, 15) is 19.8 Å². The van der Waals surface area contributed by atoms with Gasteiger partial charge in [0.25, 0.3) is 0 Å². The molecule has 3 N–H and O–H groups in total. The zero-order chi connectivity index (χ0) is 42.3. The van der Waals surface area contributed by atoms with Crippen LogP contribution < -0.4 is 5.32 Å². The molecule has 0 aliphatic carbocycles. The van der Waals surface area contributed by atoms with E-state index in [1.165, 1.54) is 225 Å².